The van der Waals surface area contributed by atoms with Crippen molar-refractivity contribution in [1.29, 1.82) is 0 Å². The summed E-state index contributed by atoms with van der Waals surface area (Å²) in [7, 11) is 1.58. The Balaban J connectivity index is 2.83. The van der Waals surface area contributed by atoms with Crippen LogP contribution >= 0.6 is 0 Å². The summed E-state index contributed by atoms with van der Waals surface area (Å²) < 4.78 is 10.9. The van der Waals surface area contributed by atoms with E-state index in [0.29, 0.717) is 24.0 Å². The van der Waals surface area contributed by atoms with Gasteiger partial charge in [0.15, 0.2) is 11.5 Å². The quantitative estimate of drug-likeness (QED) is 0.355. The summed E-state index contributed by atoms with van der Waals surface area (Å²) in [6.45, 7) is 4.78. The lowest BCUT2D eigenvalue weighted by Crippen LogP contribution is -2.27. The fourth-order valence-electron chi connectivity index (χ4n) is 1.38. The molecule has 0 aliphatic heterocycles. The van der Waals surface area contributed by atoms with Crippen LogP contribution in [0.25, 0.3) is 6.08 Å². The van der Waals surface area contributed by atoms with Crippen LogP contribution in [0.15, 0.2) is 24.3 Å². The lowest BCUT2D eigenvalue weighted by molar-refractivity contribution is -0.116. The number of hydrogen-bond donors (Lipinski definition) is 2. The van der Waals surface area contributed by atoms with Crippen molar-refractivity contribution in [1.82, 2.24) is 5.43 Å². The molecule has 3 N–H and O–H groups in total. The number of benzene rings is 1. The predicted octanol–water partition coefficient (Wildman–Crippen LogP) is 1.73. The Morgan fingerprint density at radius 1 is 1.42 bits per heavy atom. The third kappa shape index (κ3) is 5.01. The molecule has 0 aliphatic carbocycles. The molecule has 104 valence electrons. The summed E-state index contributed by atoms with van der Waals surface area (Å²) in [5.41, 5.74) is 2.86. The highest BCUT2D eigenvalue weighted by molar-refractivity contribution is 5.91. The van der Waals surface area contributed by atoms with E-state index in [9.17, 15) is 4.79 Å². The van der Waals surface area contributed by atoms with Crippen LogP contribution in [0.2, 0.25) is 0 Å². The molecule has 0 atom stereocenters. The van der Waals surface area contributed by atoms with Gasteiger partial charge in [0.05, 0.1) is 13.7 Å². The first kappa shape index (κ1) is 15.0. The maximum Gasteiger partial charge on any atom is 0.257 e. The monoisotopic (exact) mass is 264 g/mol. The highest BCUT2D eigenvalue weighted by atomic mass is 16.5. The Hall–Kier alpha value is -2.01. The van der Waals surface area contributed by atoms with Gasteiger partial charge in [-0.3, -0.25) is 10.2 Å². The van der Waals surface area contributed by atoms with Gasteiger partial charge in [0.25, 0.3) is 5.91 Å². The van der Waals surface area contributed by atoms with Crippen LogP contribution in [0.5, 0.6) is 11.5 Å². The number of methoxy groups -OCH3 is 1. The van der Waals surface area contributed by atoms with E-state index >= 15 is 0 Å². The molecule has 5 heteroatoms. The van der Waals surface area contributed by atoms with Gasteiger partial charge in [-0.1, -0.05) is 19.9 Å². The molecular formula is C14H20N2O3. The molecule has 0 bridgehead atoms. The minimum Gasteiger partial charge on any atom is -0.493 e. The lowest BCUT2D eigenvalue weighted by Gasteiger charge is -2.12. The number of nitrogens with one attached hydrogen (secondary N) is 1. The predicted molar refractivity (Wildman–Crippen MR) is 74.7 cm³/mol. The number of nitrogens with two attached hydrogens (primary N) is 1. The average Bonchev–Trinajstić information content (AvgIpc) is 2.42. The van der Waals surface area contributed by atoms with Gasteiger partial charge in [-0.15, -0.1) is 0 Å². The summed E-state index contributed by atoms with van der Waals surface area (Å²) in [5, 5.41) is 0. The van der Waals surface area contributed by atoms with Crippen molar-refractivity contribution < 1.29 is 14.3 Å². The lowest BCUT2D eigenvalue weighted by atomic mass is 10.2. The summed E-state index contributed by atoms with van der Waals surface area (Å²) in [6.07, 6.45) is 3.00. The molecule has 0 aromatic heterocycles. The molecule has 1 aromatic carbocycles. The van der Waals surface area contributed by atoms with Crippen LogP contribution in [-0.2, 0) is 4.79 Å². The Kier molecular flexibility index (Phi) is 5.89. The fourth-order valence-corrected chi connectivity index (χ4v) is 1.38. The van der Waals surface area contributed by atoms with Crippen LogP contribution in [-0.4, -0.2) is 19.6 Å². The van der Waals surface area contributed by atoms with E-state index in [0.717, 1.165) is 5.56 Å². The molecule has 1 rings (SSSR count). The summed E-state index contributed by atoms with van der Waals surface area (Å²) in [6, 6.07) is 5.47. The number of carbonyl (C=O) groups is 1. The van der Waals surface area contributed by atoms with E-state index < -0.39 is 0 Å². The van der Waals surface area contributed by atoms with Crippen LogP contribution in [0.1, 0.15) is 19.4 Å². The van der Waals surface area contributed by atoms with E-state index in [4.69, 9.17) is 15.3 Å². The standard InChI is InChI=1S/C14H20N2O3/c1-10(2)9-19-12-6-4-11(8-13(12)18-3)5-7-14(17)16-15/h4-8,10H,9,15H2,1-3H3,(H,16,17)/b7-5+. The second-order valence-corrected chi connectivity index (χ2v) is 4.46. The molecule has 1 aromatic rings. The zero-order chi connectivity index (χ0) is 14.3. The fraction of sp³-hybridized carbons (Fsp3) is 0.357. The first-order valence-electron chi connectivity index (χ1n) is 6.06. The first-order chi connectivity index (χ1) is 9.06. The van der Waals surface area contributed by atoms with Gasteiger partial charge in [0, 0.05) is 6.08 Å². The van der Waals surface area contributed by atoms with Crippen molar-refractivity contribution in [3.63, 3.8) is 0 Å². The molecule has 0 saturated heterocycles. The average molecular weight is 264 g/mol. The third-order valence-electron chi connectivity index (χ3n) is 2.33. The summed E-state index contributed by atoms with van der Waals surface area (Å²) in [4.78, 5) is 11.0. The van der Waals surface area contributed by atoms with Crippen molar-refractivity contribution in [2.75, 3.05) is 13.7 Å². The van der Waals surface area contributed by atoms with Gasteiger partial charge in [-0.25, -0.2) is 5.84 Å². The molecular weight excluding hydrogens is 244 g/mol. The number of hydrogen-bond acceptors (Lipinski definition) is 4. The zero-order valence-electron chi connectivity index (χ0n) is 11.5. The van der Waals surface area contributed by atoms with E-state index in [2.05, 4.69) is 13.8 Å². The van der Waals surface area contributed by atoms with Gasteiger partial charge in [0.2, 0.25) is 0 Å². The Bertz CT molecular complexity index is 456. The van der Waals surface area contributed by atoms with Crippen LogP contribution in [0.4, 0.5) is 0 Å². The maximum atomic E-state index is 11.0. The number of amides is 1. The number of ether oxygens (including phenoxy) is 2. The van der Waals surface area contributed by atoms with Crippen LogP contribution in [0.3, 0.4) is 0 Å². The molecule has 0 unspecified atom stereocenters. The Morgan fingerprint density at radius 3 is 2.74 bits per heavy atom. The van der Waals surface area contributed by atoms with Crippen molar-refractivity contribution in [3.8, 4) is 11.5 Å². The van der Waals surface area contributed by atoms with Gasteiger partial charge in [-0.05, 0) is 29.7 Å². The highest BCUT2D eigenvalue weighted by Gasteiger charge is 2.06. The van der Waals surface area contributed by atoms with E-state index in [1.807, 2.05) is 17.6 Å². The van der Waals surface area contributed by atoms with E-state index in [1.165, 1.54) is 6.08 Å². The molecule has 0 saturated carbocycles. The third-order valence-corrected chi connectivity index (χ3v) is 2.33. The van der Waals surface area contributed by atoms with Crippen molar-refractivity contribution in [2.24, 2.45) is 11.8 Å². The minimum atomic E-state index is -0.362. The Morgan fingerprint density at radius 2 is 2.16 bits per heavy atom. The maximum absolute atomic E-state index is 11.0. The topological polar surface area (TPSA) is 73.6 Å². The zero-order valence-corrected chi connectivity index (χ0v) is 11.5. The molecule has 0 heterocycles. The van der Waals surface area contributed by atoms with Crippen molar-refractivity contribution in [2.45, 2.75) is 13.8 Å². The number of carbonyl (C=O) groups excluding carboxylic acids is 1. The smallest absolute Gasteiger partial charge is 0.257 e. The molecule has 0 spiro atoms. The SMILES string of the molecule is COc1cc(/C=C/C(=O)NN)ccc1OCC(C)C. The van der Waals surface area contributed by atoms with Gasteiger partial charge in [-0.2, -0.15) is 0 Å². The van der Waals surface area contributed by atoms with Gasteiger partial charge >= 0.3 is 0 Å². The van der Waals surface area contributed by atoms with Crippen molar-refractivity contribution >= 4 is 12.0 Å². The van der Waals surface area contributed by atoms with Crippen LogP contribution < -0.4 is 20.7 Å². The molecule has 0 radical (unpaired) electrons. The highest BCUT2D eigenvalue weighted by Crippen LogP contribution is 2.28. The van der Waals surface area contributed by atoms with E-state index in [-0.39, 0.29) is 5.91 Å². The molecule has 0 fully saturated rings. The number of rotatable bonds is 6. The summed E-state index contributed by atoms with van der Waals surface area (Å²) in [5.74, 6) is 6.40. The second kappa shape index (κ2) is 7.43. The Labute approximate surface area is 113 Å². The van der Waals surface area contributed by atoms with Gasteiger partial charge < -0.3 is 9.47 Å². The molecule has 1 amide bonds. The molecule has 19 heavy (non-hydrogen) atoms. The minimum absolute atomic E-state index is 0.362. The molecule has 0 aliphatic rings. The van der Waals surface area contributed by atoms with E-state index in [1.54, 1.807) is 19.3 Å². The molecule has 5 nitrogen and oxygen atoms in total. The van der Waals surface area contributed by atoms with Crippen molar-refractivity contribution in [3.05, 3.63) is 29.8 Å². The first-order valence-corrected chi connectivity index (χ1v) is 6.06. The largest absolute Gasteiger partial charge is 0.493 e. The normalized spacial score (nSPS) is 10.8. The van der Waals surface area contributed by atoms with Crippen LogP contribution in [0, 0.1) is 5.92 Å². The van der Waals surface area contributed by atoms with Gasteiger partial charge in [0.1, 0.15) is 0 Å². The summed E-state index contributed by atoms with van der Waals surface area (Å²) >= 11 is 0. The second-order valence-electron chi connectivity index (χ2n) is 4.46. The number of hydrazine groups is 1.